The van der Waals surface area contributed by atoms with Crippen LogP contribution in [0.4, 0.5) is 18.9 Å². The molecule has 5 aromatic rings. The molecule has 0 bridgehead atoms. The van der Waals surface area contributed by atoms with Gasteiger partial charge in [0.05, 0.1) is 11.0 Å². The average Bonchev–Trinajstić information content (AvgIpc) is 3.33. The fraction of sp³-hybridized carbons (Fsp3) is 0.135. The van der Waals surface area contributed by atoms with E-state index in [0.717, 1.165) is 45.5 Å². The van der Waals surface area contributed by atoms with Gasteiger partial charge in [-0.05, 0) is 94.8 Å². The number of hydrogen-bond donors (Lipinski definition) is 2. The third kappa shape index (κ3) is 4.65. The summed E-state index contributed by atoms with van der Waals surface area (Å²) >= 11 is 0. The Labute approximate surface area is 253 Å². The number of halogens is 3. The predicted octanol–water partition coefficient (Wildman–Crippen LogP) is 8.30. The maximum absolute atomic E-state index is 13.5. The molecule has 44 heavy (non-hydrogen) atoms. The number of carbonyl (C=O) groups is 2. The Hall–Kier alpha value is -5.17. The van der Waals surface area contributed by atoms with Crippen LogP contribution in [0.25, 0.3) is 11.1 Å². The second-order valence-electron chi connectivity index (χ2n) is 11.0. The van der Waals surface area contributed by atoms with Gasteiger partial charge < -0.3 is 10.6 Å². The maximum Gasteiger partial charge on any atom is 0.416 e. The van der Waals surface area contributed by atoms with Crippen LogP contribution in [0.1, 0.15) is 59.7 Å². The zero-order valence-electron chi connectivity index (χ0n) is 24.3. The standard InChI is InChI=1S/C37H29F3N2O2/c1-22-20-28(37(38,39)40)21-33(23(22)2)42-35(44)25-14-18-27(19-15-25)36(26-16-12-24(13-17-26)34(43)41-3)31-10-6-4-8-29(31)30-9-5-7-11-32(30)36/h4-21H,1-3H3,(H,41,43)(H,42,44). The quantitative estimate of drug-likeness (QED) is 0.212. The van der Waals surface area contributed by atoms with E-state index in [0.29, 0.717) is 22.3 Å². The summed E-state index contributed by atoms with van der Waals surface area (Å²) in [5.41, 5.74) is 6.62. The second kappa shape index (κ2) is 10.8. The molecule has 0 aromatic heterocycles. The van der Waals surface area contributed by atoms with E-state index in [2.05, 4.69) is 34.9 Å². The molecule has 0 atom stereocenters. The van der Waals surface area contributed by atoms with E-state index in [-0.39, 0.29) is 11.6 Å². The van der Waals surface area contributed by atoms with Crippen molar-refractivity contribution in [1.29, 1.82) is 0 Å². The van der Waals surface area contributed by atoms with Gasteiger partial charge in [-0.25, -0.2) is 0 Å². The molecule has 220 valence electrons. The van der Waals surface area contributed by atoms with E-state index in [1.165, 1.54) is 0 Å². The number of hydrogen-bond acceptors (Lipinski definition) is 2. The molecule has 0 spiro atoms. The Balaban J connectivity index is 1.45. The molecule has 0 unspecified atom stereocenters. The molecule has 2 amide bonds. The van der Waals surface area contributed by atoms with Crippen LogP contribution in [0.2, 0.25) is 0 Å². The fourth-order valence-corrected chi connectivity index (χ4v) is 6.26. The van der Waals surface area contributed by atoms with Crippen molar-refractivity contribution < 1.29 is 22.8 Å². The van der Waals surface area contributed by atoms with Crippen molar-refractivity contribution >= 4 is 17.5 Å². The predicted molar refractivity (Wildman–Crippen MR) is 166 cm³/mol. The van der Waals surface area contributed by atoms with Crippen molar-refractivity contribution in [3.05, 3.63) is 159 Å². The molecule has 6 rings (SSSR count). The van der Waals surface area contributed by atoms with Crippen molar-refractivity contribution in [2.24, 2.45) is 0 Å². The zero-order chi connectivity index (χ0) is 31.2. The number of nitrogens with one attached hydrogen (secondary N) is 2. The van der Waals surface area contributed by atoms with Crippen molar-refractivity contribution in [3.63, 3.8) is 0 Å². The molecule has 0 radical (unpaired) electrons. The smallest absolute Gasteiger partial charge is 0.355 e. The molecule has 4 nitrogen and oxygen atoms in total. The summed E-state index contributed by atoms with van der Waals surface area (Å²) in [6, 6.07) is 33.2. The van der Waals surface area contributed by atoms with E-state index in [1.807, 2.05) is 48.5 Å². The summed E-state index contributed by atoms with van der Waals surface area (Å²) in [7, 11) is 1.59. The summed E-state index contributed by atoms with van der Waals surface area (Å²) in [5.74, 6) is -0.686. The average molecular weight is 591 g/mol. The SMILES string of the molecule is CNC(=O)c1ccc(C2(c3ccc(C(=O)Nc4cc(C(F)(F)F)cc(C)c4C)cc3)c3ccccc3-c3ccccc32)cc1. The number of fused-ring (bicyclic) bond motifs is 3. The highest BCUT2D eigenvalue weighted by atomic mass is 19.4. The second-order valence-corrected chi connectivity index (χ2v) is 11.0. The summed E-state index contributed by atoms with van der Waals surface area (Å²) in [6.45, 7) is 3.27. The lowest BCUT2D eigenvalue weighted by Crippen LogP contribution is -2.29. The number of amides is 2. The lowest BCUT2D eigenvalue weighted by Gasteiger charge is -2.34. The minimum absolute atomic E-state index is 0.123. The van der Waals surface area contributed by atoms with Gasteiger partial charge in [0.15, 0.2) is 0 Å². The third-order valence-electron chi connectivity index (χ3n) is 8.58. The first-order chi connectivity index (χ1) is 21.0. The first-order valence-corrected chi connectivity index (χ1v) is 14.2. The molecular weight excluding hydrogens is 561 g/mol. The number of alkyl halides is 3. The fourth-order valence-electron chi connectivity index (χ4n) is 6.26. The van der Waals surface area contributed by atoms with Gasteiger partial charge in [0, 0.05) is 23.9 Å². The number of carbonyl (C=O) groups excluding carboxylic acids is 2. The highest BCUT2D eigenvalue weighted by molar-refractivity contribution is 6.05. The molecule has 1 aliphatic rings. The van der Waals surface area contributed by atoms with E-state index >= 15 is 0 Å². The van der Waals surface area contributed by atoms with Crippen LogP contribution < -0.4 is 10.6 Å². The minimum atomic E-state index is -4.53. The summed E-state index contributed by atoms with van der Waals surface area (Å²) < 4.78 is 40.4. The molecule has 1 aliphatic carbocycles. The van der Waals surface area contributed by atoms with Crippen LogP contribution in [-0.2, 0) is 11.6 Å². The van der Waals surface area contributed by atoms with Crippen LogP contribution in [-0.4, -0.2) is 18.9 Å². The van der Waals surface area contributed by atoms with Crippen LogP contribution in [0.3, 0.4) is 0 Å². The molecule has 0 fully saturated rings. The summed E-state index contributed by atoms with van der Waals surface area (Å²) in [6.07, 6.45) is -4.53. The van der Waals surface area contributed by atoms with Gasteiger partial charge in [-0.15, -0.1) is 0 Å². The Bertz CT molecular complexity index is 1860. The van der Waals surface area contributed by atoms with E-state index in [9.17, 15) is 22.8 Å². The first kappa shape index (κ1) is 28.9. The monoisotopic (exact) mass is 590 g/mol. The van der Waals surface area contributed by atoms with Crippen LogP contribution in [0.15, 0.2) is 109 Å². The largest absolute Gasteiger partial charge is 0.416 e. The Morgan fingerprint density at radius 1 is 0.659 bits per heavy atom. The number of rotatable bonds is 5. The van der Waals surface area contributed by atoms with Gasteiger partial charge >= 0.3 is 6.18 Å². The highest BCUT2D eigenvalue weighted by Crippen LogP contribution is 2.56. The molecular formula is C37H29F3N2O2. The lowest BCUT2D eigenvalue weighted by atomic mass is 9.67. The molecule has 2 N–H and O–H groups in total. The number of aryl methyl sites for hydroxylation is 1. The van der Waals surface area contributed by atoms with Gasteiger partial charge in [0.2, 0.25) is 0 Å². The van der Waals surface area contributed by atoms with Gasteiger partial charge in [0.1, 0.15) is 0 Å². The van der Waals surface area contributed by atoms with Crippen molar-refractivity contribution in [1.82, 2.24) is 5.32 Å². The Morgan fingerprint density at radius 3 is 1.61 bits per heavy atom. The van der Waals surface area contributed by atoms with Gasteiger partial charge in [-0.1, -0.05) is 72.8 Å². The van der Waals surface area contributed by atoms with Crippen molar-refractivity contribution in [3.8, 4) is 11.1 Å². The molecule has 0 saturated heterocycles. The van der Waals surface area contributed by atoms with Gasteiger partial charge in [-0.2, -0.15) is 13.2 Å². The first-order valence-electron chi connectivity index (χ1n) is 14.2. The van der Waals surface area contributed by atoms with Crippen LogP contribution in [0, 0.1) is 13.8 Å². The maximum atomic E-state index is 13.5. The van der Waals surface area contributed by atoms with Gasteiger partial charge in [-0.3, -0.25) is 9.59 Å². The summed E-state index contributed by atoms with van der Waals surface area (Å²) in [4.78, 5) is 25.6. The van der Waals surface area contributed by atoms with E-state index < -0.39 is 23.1 Å². The van der Waals surface area contributed by atoms with Gasteiger partial charge in [0.25, 0.3) is 11.8 Å². The van der Waals surface area contributed by atoms with Crippen molar-refractivity contribution in [2.75, 3.05) is 12.4 Å². The molecule has 0 saturated carbocycles. The zero-order valence-corrected chi connectivity index (χ0v) is 24.3. The number of anilines is 1. The molecule has 0 heterocycles. The van der Waals surface area contributed by atoms with Crippen LogP contribution >= 0.6 is 0 Å². The normalized spacial score (nSPS) is 13.1. The molecule has 0 aliphatic heterocycles. The topological polar surface area (TPSA) is 58.2 Å². The highest BCUT2D eigenvalue weighted by Gasteiger charge is 2.46. The Kier molecular flexibility index (Phi) is 7.12. The minimum Gasteiger partial charge on any atom is -0.355 e. The molecule has 5 aromatic carbocycles. The molecule has 7 heteroatoms. The number of benzene rings is 5. The van der Waals surface area contributed by atoms with Crippen molar-refractivity contribution in [2.45, 2.75) is 25.4 Å². The van der Waals surface area contributed by atoms with Crippen LogP contribution in [0.5, 0.6) is 0 Å². The Morgan fingerprint density at radius 2 is 1.14 bits per heavy atom. The summed E-state index contributed by atoms with van der Waals surface area (Å²) in [5, 5.41) is 5.35. The lowest BCUT2D eigenvalue weighted by molar-refractivity contribution is -0.137. The third-order valence-corrected chi connectivity index (χ3v) is 8.58. The van der Waals surface area contributed by atoms with E-state index in [1.54, 1.807) is 45.2 Å². The van der Waals surface area contributed by atoms with E-state index in [4.69, 9.17) is 0 Å².